The average molecular weight is 288 g/mol. The SMILES string of the molecule is CC(C)OCCNc1nccc2cc3c(cc12)OCCO3. The average Bonchev–Trinajstić information content (AvgIpc) is 2.49. The summed E-state index contributed by atoms with van der Waals surface area (Å²) < 4.78 is 16.8. The molecule has 21 heavy (non-hydrogen) atoms. The molecule has 0 aliphatic carbocycles. The topological polar surface area (TPSA) is 52.6 Å². The van der Waals surface area contributed by atoms with Crippen molar-refractivity contribution < 1.29 is 14.2 Å². The van der Waals surface area contributed by atoms with Gasteiger partial charge in [0.15, 0.2) is 11.5 Å². The second-order valence-electron chi connectivity index (χ2n) is 5.22. The van der Waals surface area contributed by atoms with Crippen LogP contribution in [0, 0.1) is 0 Å². The van der Waals surface area contributed by atoms with Crippen LogP contribution in [0.5, 0.6) is 11.5 Å². The molecule has 3 rings (SSSR count). The summed E-state index contributed by atoms with van der Waals surface area (Å²) in [6.45, 7) is 6.61. The van der Waals surface area contributed by atoms with Gasteiger partial charge in [0.25, 0.3) is 0 Å². The number of ether oxygens (including phenoxy) is 3. The molecule has 0 saturated carbocycles. The van der Waals surface area contributed by atoms with Crippen LogP contribution in [0.4, 0.5) is 5.82 Å². The van der Waals surface area contributed by atoms with E-state index < -0.39 is 0 Å². The minimum atomic E-state index is 0.241. The van der Waals surface area contributed by atoms with Crippen LogP contribution in [-0.4, -0.2) is 37.5 Å². The van der Waals surface area contributed by atoms with Gasteiger partial charge in [0.05, 0.1) is 12.7 Å². The molecule has 1 aliphatic rings. The van der Waals surface area contributed by atoms with E-state index in [0.717, 1.165) is 34.6 Å². The molecule has 112 valence electrons. The largest absolute Gasteiger partial charge is 0.486 e. The van der Waals surface area contributed by atoms with Crippen LogP contribution >= 0.6 is 0 Å². The molecular weight excluding hydrogens is 268 g/mol. The van der Waals surface area contributed by atoms with E-state index in [4.69, 9.17) is 14.2 Å². The molecule has 0 saturated heterocycles. The van der Waals surface area contributed by atoms with Gasteiger partial charge in [-0.2, -0.15) is 0 Å². The molecule has 0 amide bonds. The Morgan fingerprint density at radius 1 is 1.24 bits per heavy atom. The maximum atomic E-state index is 5.64. The lowest BCUT2D eigenvalue weighted by atomic mass is 10.1. The summed E-state index contributed by atoms with van der Waals surface area (Å²) in [5.74, 6) is 2.43. The van der Waals surface area contributed by atoms with E-state index in [1.165, 1.54) is 0 Å². The first-order valence-electron chi connectivity index (χ1n) is 7.28. The third kappa shape index (κ3) is 3.19. The minimum Gasteiger partial charge on any atom is -0.486 e. The van der Waals surface area contributed by atoms with Crippen LogP contribution in [-0.2, 0) is 4.74 Å². The molecule has 1 N–H and O–H groups in total. The Labute approximate surface area is 124 Å². The number of nitrogens with zero attached hydrogens (tertiary/aromatic N) is 1. The van der Waals surface area contributed by atoms with Gasteiger partial charge in [-0.1, -0.05) is 0 Å². The maximum absolute atomic E-state index is 5.64. The summed E-state index contributed by atoms with van der Waals surface area (Å²) in [7, 11) is 0. The van der Waals surface area contributed by atoms with E-state index in [1.54, 1.807) is 6.20 Å². The lowest BCUT2D eigenvalue weighted by molar-refractivity contribution is 0.0870. The number of rotatable bonds is 5. The van der Waals surface area contributed by atoms with E-state index in [2.05, 4.69) is 10.3 Å². The van der Waals surface area contributed by atoms with Crippen molar-refractivity contribution in [3.8, 4) is 11.5 Å². The van der Waals surface area contributed by atoms with Crippen LogP contribution in [0.15, 0.2) is 24.4 Å². The molecule has 1 aromatic heterocycles. The van der Waals surface area contributed by atoms with Gasteiger partial charge in [-0.15, -0.1) is 0 Å². The molecule has 0 radical (unpaired) electrons. The molecular formula is C16H20N2O3. The fourth-order valence-electron chi connectivity index (χ4n) is 2.31. The zero-order chi connectivity index (χ0) is 14.7. The number of nitrogens with one attached hydrogen (secondary N) is 1. The highest BCUT2D eigenvalue weighted by molar-refractivity contribution is 5.94. The summed E-state index contributed by atoms with van der Waals surface area (Å²) >= 11 is 0. The highest BCUT2D eigenvalue weighted by Crippen LogP contribution is 2.36. The van der Waals surface area contributed by atoms with Crippen LogP contribution in [0.25, 0.3) is 10.8 Å². The van der Waals surface area contributed by atoms with Crippen molar-refractivity contribution in [2.45, 2.75) is 20.0 Å². The molecule has 5 nitrogen and oxygen atoms in total. The van der Waals surface area contributed by atoms with E-state index in [-0.39, 0.29) is 6.10 Å². The third-order valence-electron chi connectivity index (χ3n) is 3.27. The monoisotopic (exact) mass is 288 g/mol. The normalized spacial score (nSPS) is 13.7. The van der Waals surface area contributed by atoms with E-state index in [9.17, 15) is 0 Å². The molecule has 5 heteroatoms. The van der Waals surface area contributed by atoms with Gasteiger partial charge in [-0.25, -0.2) is 4.98 Å². The number of anilines is 1. The van der Waals surface area contributed by atoms with E-state index in [1.807, 2.05) is 32.0 Å². The molecule has 0 unspecified atom stereocenters. The first-order chi connectivity index (χ1) is 10.2. The number of aromatic nitrogens is 1. The highest BCUT2D eigenvalue weighted by atomic mass is 16.6. The Kier molecular flexibility index (Phi) is 4.10. The Morgan fingerprint density at radius 3 is 2.76 bits per heavy atom. The van der Waals surface area contributed by atoms with Crippen LogP contribution < -0.4 is 14.8 Å². The fraction of sp³-hybridized carbons (Fsp3) is 0.438. The second kappa shape index (κ2) is 6.18. The van der Waals surface area contributed by atoms with E-state index >= 15 is 0 Å². The van der Waals surface area contributed by atoms with Gasteiger partial charge < -0.3 is 19.5 Å². The molecule has 2 aromatic rings. The highest BCUT2D eigenvalue weighted by Gasteiger charge is 2.14. The predicted octanol–water partition coefficient (Wildman–Crippen LogP) is 2.84. The first kappa shape index (κ1) is 13.9. The Morgan fingerprint density at radius 2 is 2.00 bits per heavy atom. The summed E-state index contributed by atoms with van der Waals surface area (Å²) in [5.41, 5.74) is 0. The molecule has 0 atom stereocenters. The van der Waals surface area contributed by atoms with Crippen molar-refractivity contribution in [1.82, 2.24) is 4.98 Å². The number of benzene rings is 1. The van der Waals surface area contributed by atoms with Crippen molar-refractivity contribution in [3.63, 3.8) is 0 Å². The number of hydrogen-bond acceptors (Lipinski definition) is 5. The van der Waals surface area contributed by atoms with Gasteiger partial charge in [-0.05, 0) is 37.4 Å². The Balaban J connectivity index is 1.81. The van der Waals surface area contributed by atoms with Gasteiger partial charge in [0, 0.05) is 18.1 Å². The molecule has 1 aromatic carbocycles. The second-order valence-corrected chi connectivity index (χ2v) is 5.22. The van der Waals surface area contributed by atoms with Crippen molar-refractivity contribution in [2.75, 3.05) is 31.7 Å². The summed E-state index contributed by atoms with van der Waals surface area (Å²) in [6.07, 6.45) is 2.04. The zero-order valence-corrected chi connectivity index (χ0v) is 12.4. The first-order valence-corrected chi connectivity index (χ1v) is 7.28. The standard InChI is InChI=1S/C16H20N2O3/c1-11(2)19-6-5-18-16-13-10-15-14(20-7-8-21-15)9-12(13)3-4-17-16/h3-4,9-11H,5-8H2,1-2H3,(H,17,18). The molecule has 0 spiro atoms. The Hall–Kier alpha value is -2.01. The summed E-state index contributed by atoms with van der Waals surface area (Å²) in [4.78, 5) is 4.41. The fourth-order valence-corrected chi connectivity index (χ4v) is 2.31. The predicted molar refractivity (Wildman–Crippen MR) is 82.3 cm³/mol. The molecule has 0 bridgehead atoms. The van der Waals surface area contributed by atoms with Crippen LogP contribution in [0.1, 0.15) is 13.8 Å². The number of hydrogen-bond donors (Lipinski definition) is 1. The van der Waals surface area contributed by atoms with Crippen molar-refractivity contribution in [3.05, 3.63) is 24.4 Å². The van der Waals surface area contributed by atoms with Crippen LogP contribution in [0.3, 0.4) is 0 Å². The van der Waals surface area contributed by atoms with E-state index in [0.29, 0.717) is 19.8 Å². The summed E-state index contributed by atoms with van der Waals surface area (Å²) in [6, 6.07) is 5.97. The van der Waals surface area contributed by atoms with Gasteiger partial charge in [0.1, 0.15) is 19.0 Å². The Bertz CT molecular complexity index is 628. The van der Waals surface area contributed by atoms with Crippen LogP contribution in [0.2, 0.25) is 0 Å². The third-order valence-corrected chi connectivity index (χ3v) is 3.27. The lowest BCUT2D eigenvalue weighted by Gasteiger charge is -2.19. The number of fused-ring (bicyclic) bond motifs is 2. The van der Waals surface area contributed by atoms with Crippen molar-refractivity contribution >= 4 is 16.6 Å². The molecule has 0 fully saturated rings. The quantitative estimate of drug-likeness (QED) is 0.857. The maximum Gasteiger partial charge on any atom is 0.162 e. The molecule has 1 aliphatic heterocycles. The van der Waals surface area contributed by atoms with Crippen molar-refractivity contribution in [1.29, 1.82) is 0 Å². The lowest BCUT2D eigenvalue weighted by Crippen LogP contribution is -2.16. The van der Waals surface area contributed by atoms with Crippen molar-refractivity contribution in [2.24, 2.45) is 0 Å². The van der Waals surface area contributed by atoms with Gasteiger partial charge in [0.2, 0.25) is 0 Å². The number of pyridine rings is 1. The minimum absolute atomic E-state index is 0.241. The summed E-state index contributed by atoms with van der Waals surface area (Å²) in [5, 5.41) is 5.44. The zero-order valence-electron chi connectivity index (χ0n) is 12.4. The van der Waals surface area contributed by atoms with Gasteiger partial charge in [-0.3, -0.25) is 0 Å². The van der Waals surface area contributed by atoms with Gasteiger partial charge >= 0.3 is 0 Å². The smallest absolute Gasteiger partial charge is 0.162 e. The molecule has 2 heterocycles.